The van der Waals surface area contributed by atoms with Crippen LogP contribution in [0.3, 0.4) is 0 Å². The van der Waals surface area contributed by atoms with Gasteiger partial charge in [0.25, 0.3) is 5.91 Å². The lowest BCUT2D eigenvalue weighted by atomic mass is 10.0. The molecule has 0 aliphatic carbocycles. The van der Waals surface area contributed by atoms with Crippen molar-refractivity contribution in [2.24, 2.45) is 0 Å². The van der Waals surface area contributed by atoms with Crippen LogP contribution in [0.15, 0.2) is 60.9 Å². The van der Waals surface area contributed by atoms with E-state index in [4.69, 9.17) is 4.74 Å². The summed E-state index contributed by atoms with van der Waals surface area (Å²) in [6, 6.07) is 15.8. The van der Waals surface area contributed by atoms with E-state index in [0.29, 0.717) is 18.7 Å². The largest absolute Gasteiger partial charge is 0.496 e. The van der Waals surface area contributed by atoms with E-state index in [1.165, 1.54) is 0 Å². The van der Waals surface area contributed by atoms with Gasteiger partial charge in [-0.05, 0) is 24.6 Å². The van der Waals surface area contributed by atoms with Crippen LogP contribution in [0.4, 0.5) is 0 Å². The Labute approximate surface area is 176 Å². The van der Waals surface area contributed by atoms with Gasteiger partial charge in [-0.3, -0.25) is 4.79 Å². The van der Waals surface area contributed by atoms with Crippen molar-refractivity contribution >= 4 is 18.3 Å². The normalized spacial score (nSPS) is 16.2. The number of hydrogen-bond donors (Lipinski definition) is 1. The third kappa shape index (κ3) is 4.13. The summed E-state index contributed by atoms with van der Waals surface area (Å²) < 4.78 is 7.29. The molecule has 1 atom stereocenters. The Morgan fingerprint density at radius 3 is 2.72 bits per heavy atom. The number of carbonyl (C=O) groups excluding carboxylic acids is 1. The highest BCUT2D eigenvalue weighted by molar-refractivity contribution is 5.94. The van der Waals surface area contributed by atoms with E-state index < -0.39 is 0 Å². The number of piperazine rings is 1. The standard InChI is InChI=1S/C22H24N4O2.ClH/c1-16-7-3-5-9-19(16)26-15-17(13-24-26)22(27)25-12-11-23-14-20(25)18-8-4-6-10-21(18)28-2;/h3-10,13,15,20,23H,11-12,14H2,1-2H3;1H. The molecule has 3 aromatic rings. The molecule has 1 N–H and O–H groups in total. The third-order valence-corrected chi connectivity index (χ3v) is 5.19. The second-order valence-corrected chi connectivity index (χ2v) is 6.92. The Morgan fingerprint density at radius 1 is 1.17 bits per heavy atom. The quantitative estimate of drug-likeness (QED) is 0.713. The van der Waals surface area contributed by atoms with Crippen molar-refractivity contribution in [3.63, 3.8) is 0 Å². The number of hydrogen-bond acceptors (Lipinski definition) is 4. The zero-order valence-electron chi connectivity index (χ0n) is 16.5. The molecule has 1 aliphatic heterocycles. The molecular formula is C22H25ClN4O2. The molecule has 1 unspecified atom stereocenters. The molecular weight excluding hydrogens is 388 g/mol. The van der Waals surface area contributed by atoms with Crippen molar-refractivity contribution in [1.82, 2.24) is 20.0 Å². The second kappa shape index (κ2) is 9.11. The first-order chi connectivity index (χ1) is 13.7. The van der Waals surface area contributed by atoms with E-state index in [-0.39, 0.29) is 24.4 Å². The number of methoxy groups -OCH3 is 1. The lowest BCUT2D eigenvalue weighted by molar-refractivity contribution is 0.0631. The van der Waals surface area contributed by atoms with Crippen molar-refractivity contribution < 1.29 is 9.53 Å². The molecule has 29 heavy (non-hydrogen) atoms. The van der Waals surface area contributed by atoms with Crippen molar-refractivity contribution in [3.8, 4) is 11.4 Å². The average Bonchev–Trinajstić information content (AvgIpc) is 3.23. The van der Waals surface area contributed by atoms with Gasteiger partial charge in [0.1, 0.15) is 5.75 Å². The van der Waals surface area contributed by atoms with Crippen molar-refractivity contribution in [2.75, 3.05) is 26.7 Å². The number of aryl methyl sites for hydroxylation is 1. The predicted molar refractivity (Wildman–Crippen MR) is 115 cm³/mol. The van der Waals surface area contributed by atoms with E-state index in [2.05, 4.69) is 10.4 Å². The first-order valence-electron chi connectivity index (χ1n) is 9.44. The van der Waals surface area contributed by atoms with Gasteiger partial charge < -0.3 is 15.0 Å². The fraction of sp³-hybridized carbons (Fsp3) is 0.273. The highest BCUT2D eigenvalue weighted by atomic mass is 35.5. The maximum atomic E-state index is 13.3. The zero-order chi connectivity index (χ0) is 19.5. The monoisotopic (exact) mass is 412 g/mol. The van der Waals surface area contributed by atoms with Crippen molar-refractivity contribution in [1.29, 1.82) is 0 Å². The van der Waals surface area contributed by atoms with Crippen LogP contribution in [-0.2, 0) is 0 Å². The van der Waals surface area contributed by atoms with E-state index in [1.54, 1.807) is 18.0 Å². The Hall–Kier alpha value is -2.83. The second-order valence-electron chi connectivity index (χ2n) is 6.92. The molecule has 1 saturated heterocycles. The number of amides is 1. The summed E-state index contributed by atoms with van der Waals surface area (Å²) in [6.45, 7) is 4.13. The Kier molecular flexibility index (Phi) is 6.56. The smallest absolute Gasteiger partial charge is 0.257 e. The van der Waals surface area contributed by atoms with Crippen LogP contribution < -0.4 is 10.1 Å². The molecule has 0 bridgehead atoms. The van der Waals surface area contributed by atoms with E-state index in [1.807, 2.05) is 66.6 Å². The van der Waals surface area contributed by atoms with Crippen LogP contribution >= 0.6 is 12.4 Å². The van der Waals surface area contributed by atoms with Gasteiger partial charge in [-0.1, -0.05) is 36.4 Å². The molecule has 2 aromatic carbocycles. The van der Waals surface area contributed by atoms with E-state index >= 15 is 0 Å². The van der Waals surface area contributed by atoms with Crippen LogP contribution in [0.1, 0.15) is 27.5 Å². The minimum atomic E-state index is -0.0841. The molecule has 0 spiro atoms. The molecule has 0 saturated carbocycles. The Bertz CT molecular complexity index is 988. The van der Waals surface area contributed by atoms with E-state index in [9.17, 15) is 4.79 Å². The first kappa shape index (κ1) is 20.9. The molecule has 6 nitrogen and oxygen atoms in total. The number of nitrogens with zero attached hydrogens (tertiary/aromatic N) is 3. The molecule has 1 amide bonds. The highest BCUT2D eigenvalue weighted by Crippen LogP contribution is 2.31. The summed E-state index contributed by atoms with van der Waals surface area (Å²) in [6.07, 6.45) is 3.46. The van der Waals surface area contributed by atoms with Crippen LogP contribution in [0.2, 0.25) is 0 Å². The van der Waals surface area contributed by atoms with Gasteiger partial charge in [-0.25, -0.2) is 4.68 Å². The van der Waals surface area contributed by atoms with Crippen LogP contribution in [0.5, 0.6) is 5.75 Å². The summed E-state index contributed by atoms with van der Waals surface area (Å²) in [7, 11) is 1.66. The molecule has 0 radical (unpaired) electrons. The van der Waals surface area contributed by atoms with Gasteiger partial charge in [0.2, 0.25) is 0 Å². The first-order valence-corrected chi connectivity index (χ1v) is 9.44. The maximum Gasteiger partial charge on any atom is 0.257 e. The predicted octanol–water partition coefficient (Wildman–Crippen LogP) is 3.40. The molecule has 2 heterocycles. The number of carbonyl (C=O) groups is 1. The summed E-state index contributed by atoms with van der Waals surface area (Å²) in [5, 5.41) is 7.81. The maximum absolute atomic E-state index is 13.3. The number of benzene rings is 2. The molecule has 1 aliphatic rings. The number of para-hydroxylation sites is 2. The number of rotatable bonds is 4. The van der Waals surface area contributed by atoms with Gasteiger partial charge in [0, 0.05) is 31.4 Å². The highest BCUT2D eigenvalue weighted by Gasteiger charge is 2.31. The number of halogens is 1. The van der Waals surface area contributed by atoms with Gasteiger partial charge in [0.05, 0.1) is 30.6 Å². The number of aromatic nitrogens is 2. The topological polar surface area (TPSA) is 59.4 Å². The summed E-state index contributed by atoms with van der Waals surface area (Å²) in [4.78, 5) is 15.2. The Morgan fingerprint density at radius 2 is 1.93 bits per heavy atom. The van der Waals surface area contributed by atoms with Crippen molar-refractivity contribution in [2.45, 2.75) is 13.0 Å². The van der Waals surface area contributed by atoms with Crippen LogP contribution in [0.25, 0.3) is 5.69 Å². The summed E-state index contributed by atoms with van der Waals surface area (Å²) in [5.41, 5.74) is 3.68. The minimum absolute atomic E-state index is 0. The lowest BCUT2D eigenvalue weighted by Crippen LogP contribution is -2.48. The fourth-order valence-corrected chi connectivity index (χ4v) is 3.72. The molecule has 7 heteroatoms. The molecule has 1 aromatic heterocycles. The SMILES string of the molecule is COc1ccccc1C1CNCCN1C(=O)c1cnn(-c2ccccc2C)c1.Cl. The van der Waals surface area contributed by atoms with Gasteiger partial charge in [-0.2, -0.15) is 5.10 Å². The summed E-state index contributed by atoms with van der Waals surface area (Å²) in [5.74, 6) is 0.779. The average molecular weight is 413 g/mol. The third-order valence-electron chi connectivity index (χ3n) is 5.19. The van der Waals surface area contributed by atoms with E-state index in [0.717, 1.165) is 29.1 Å². The van der Waals surface area contributed by atoms with Crippen LogP contribution in [-0.4, -0.2) is 47.3 Å². The lowest BCUT2D eigenvalue weighted by Gasteiger charge is -2.36. The van der Waals surface area contributed by atoms with Crippen LogP contribution in [0, 0.1) is 6.92 Å². The zero-order valence-corrected chi connectivity index (χ0v) is 17.4. The summed E-state index contributed by atoms with van der Waals surface area (Å²) >= 11 is 0. The fourth-order valence-electron chi connectivity index (χ4n) is 3.72. The number of nitrogens with one attached hydrogen (secondary N) is 1. The minimum Gasteiger partial charge on any atom is -0.496 e. The molecule has 152 valence electrons. The van der Waals surface area contributed by atoms with Crippen molar-refractivity contribution in [3.05, 3.63) is 77.6 Å². The van der Waals surface area contributed by atoms with Gasteiger partial charge in [0.15, 0.2) is 0 Å². The molecule has 1 fully saturated rings. The Balaban J connectivity index is 0.00000240. The molecule has 4 rings (SSSR count). The van der Waals surface area contributed by atoms with Gasteiger partial charge >= 0.3 is 0 Å². The number of ether oxygens (including phenoxy) is 1. The van der Waals surface area contributed by atoms with Gasteiger partial charge in [-0.15, -0.1) is 12.4 Å².